The molecule has 3 rings (SSSR count). The van der Waals surface area contributed by atoms with Crippen molar-refractivity contribution < 1.29 is 4.74 Å². The molecule has 2 aliphatic heterocycles. The molecule has 2 N–H and O–H groups in total. The molecule has 0 saturated heterocycles. The molecule has 0 aromatic carbocycles. The summed E-state index contributed by atoms with van der Waals surface area (Å²) >= 11 is 5.86. The molecule has 1 aliphatic carbocycles. The summed E-state index contributed by atoms with van der Waals surface area (Å²) in [5.41, 5.74) is 8.77. The fourth-order valence-electron chi connectivity index (χ4n) is 3.35. The van der Waals surface area contributed by atoms with E-state index in [9.17, 15) is 0 Å². The summed E-state index contributed by atoms with van der Waals surface area (Å²) in [7, 11) is 1.72. The van der Waals surface area contributed by atoms with Crippen LogP contribution in [0.1, 0.15) is 12.8 Å². The van der Waals surface area contributed by atoms with Crippen molar-refractivity contribution in [1.82, 2.24) is 10.0 Å². The highest BCUT2D eigenvalue weighted by Gasteiger charge is 2.50. The average Bonchev–Trinajstić information content (AvgIpc) is 2.88. The first-order valence-corrected chi connectivity index (χ1v) is 8.49. The van der Waals surface area contributed by atoms with E-state index in [0.717, 1.165) is 42.9 Å². The van der Waals surface area contributed by atoms with Crippen molar-refractivity contribution in [2.75, 3.05) is 32.7 Å². The number of unbranched alkanes of at least 4 members (excludes halogenated alkanes) is 1. The van der Waals surface area contributed by atoms with Gasteiger partial charge in [0.2, 0.25) is 0 Å². The maximum Gasteiger partial charge on any atom is 0.129 e. The number of hydrogen-bond acceptors (Lipinski definition) is 5. The molecule has 6 heteroatoms. The number of hydrazine groups is 1. The van der Waals surface area contributed by atoms with Gasteiger partial charge in [0.1, 0.15) is 5.54 Å². The molecule has 1 spiro atoms. The van der Waals surface area contributed by atoms with Crippen molar-refractivity contribution in [3.63, 3.8) is 0 Å². The van der Waals surface area contributed by atoms with Gasteiger partial charge in [0.25, 0.3) is 0 Å². The lowest BCUT2D eigenvalue weighted by Gasteiger charge is -2.44. The van der Waals surface area contributed by atoms with Crippen LogP contribution < -0.4 is 5.73 Å². The lowest BCUT2D eigenvalue weighted by molar-refractivity contribution is -0.0187. The molecule has 1 unspecified atom stereocenters. The van der Waals surface area contributed by atoms with Gasteiger partial charge in [0, 0.05) is 43.2 Å². The summed E-state index contributed by atoms with van der Waals surface area (Å²) in [6.45, 7) is 2.32. The third-order valence-electron chi connectivity index (χ3n) is 4.44. The topological polar surface area (TPSA) is 54.1 Å². The first-order chi connectivity index (χ1) is 11.2. The third-order valence-corrected chi connectivity index (χ3v) is 4.71. The number of rotatable bonds is 7. The van der Waals surface area contributed by atoms with Gasteiger partial charge in [-0.3, -0.25) is 4.99 Å². The number of ether oxygens (including phenoxy) is 1. The number of nitrogens with two attached hydrogens (primary N) is 1. The normalized spacial score (nSPS) is 25.8. The Morgan fingerprint density at radius 2 is 2.17 bits per heavy atom. The summed E-state index contributed by atoms with van der Waals surface area (Å²) in [6.07, 6.45) is 14.1. The molecule has 3 aliphatic rings. The molecule has 0 radical (unpaired) electrons. The van der Waals surface area contributed by atoms with Gasteiger partial charge in [-0.25, -0.2) is 5.01 Å². The SMILES string of the molecule is COCCN1C=C2C(N)=CC=C3N=CC=CC32N1CCCCCl. The van der Waals surface area contributed by atoms with Crippen LogP contribution in [0.4, 0.5) is 0 Å². The van der Waals surface area contributed by atoms with Crippen LogP contribution in [0.2, 0.25) is 0 Å². The van der Waals surface area contributed by atoms with Gasteiger partial charge < -0.3 is 15.5 Å². The second-order valence-electron chi connectivity index (χ2n) is 5.80. The molecule has 124 valence electrons. The second-order valence-corrected chi connectivity index (χ2v) is 6.17. The molecule has 0 bridgehead atoms. The lowest BCUT2D eigenvalue weighted by Crippen LogP contribution is -2.54. The van der Waals surface area contributed by atoms with Crippen LogP contribution in [0.15, 0.2) is 52.5 Å². The van der Waals surface area contributed by atoms with E-state index in [4.69, 9.17) is 22.1 Å². The van der Waals surface area contributed by atoms with Crippen molar-refractivity contribution >= 4 is 17.8 Å². The van der Waals surface area contributed by atoms with E-state index in [1.807, 2.05) is 24.4 Å². The Morgan fingerprint density at radius 3 is 2.96 bits per heavy atom. The molecule has 0 fully saturated rings. The Kier molecular flexibility index (Phi) is 4.90. The Hall–Kier alpha value is -1.56. The average molecular weight is 335 g/mol. The Morgan fingerprint density at radius 1 is 1.30 bits per heavy atom. The molecular weight excluding hydrogens is 312 g/mol. The number of hydrogen-bond donors (Lipinski definition) is 1. The standard InChI is InChI=1S/C17H23ClN4O/c1-23-12-11-21-13-14-15(19)5-6-16-17(14,7-4-9-20-16)22(21)10-3-2-8-18/h4-7,9,13H,2-3,8,10-12,19H2,1H3. The number of methoxy groups -OCH3 is 1. The minimum Gasteiger partial charge on any atom is -0.398 e. The van der Waals surface area contributed by atoms with Crippen LogP contribution in [0.5, 0.6) is 0 Å². The first kappa shape index (κ1) is 16.3. The highest BCUT2D eigenvalue weighted by molar-refractivity contribution is 6.17. The highest BCUT2D eigenvalue weighted by Crippen LogP contribution is 2.46. The van der Waals surface area contributed by atoms with Crippen molar-refractivity contribution in [2.24, 2.45) is 10.7 Å². The van der Waals surface area contributed by atoms with Crippen molar-refractivity contribution in [2.45, 2.75) is 18.4 Å². The molecule has 0 aromatic rings. The largest absolute Gasteiger partial charge is 0.398 e. The quantitative estimate of drug-likeness (QED) is 0.573. The number of aliphatic imine (C=N–C) groups is 1. The Bertz CT molecular complexity index is 608. The van der Waals surface area contributed by atoms with Gasteiger partial charge in [-0.15, -0.1) is 11.6 Å². The highest BCUT2D eigenvalue weighted by atomic mass is 35.5. The Labute approximate surface area is 142 Å². The van der Waals surface area contributed by atoms with Gasteiger partial charge in [-0.05, 0) is 31.1 Å². The molecule has 1 atom stereocenters. The number of alkyl halides is 1. The smallest absolute Gasteiger partial charge is 0.129 e. The van der Waals surface area contributed by atoms with E-state index in [1.54, 1.807) is 7.11 Å². The van der Waals surface area contributed by atoms with Crippen LogP contribution >= 0.6 is 11.6 Å². The van der Waals surface area contributed by atoms with E-state index in [1.165, 1.54) is 0 Å². The number of halogens is 1. The van der Waals surface area contributed by atoms with Crippen LogP contribution in [0, 0.1) is 0 Å². The van der Waals surface area contributed by atoms with E-state index >= 15 is 0 Å². The zero-order chi connectivity index (χ0) is 16.3. The molecule has 2 heterocycles. The van der Waals surface area contributed by atoms with Gasteiger partial charge in [-0.2, -0.15) is 0 Å². The monoisotopic (exact) mass is 334 g/mol. The lowest BCUT2D eigenvalue weighted by atomic mass is 9.80. The molecule has 0 aromatic heterocycles. The van der Waals surface area contributed by atoms with Gasteiger partial charge in [0.15, 0.2) is 0 Å². The molecule has 23 heavy (non-hydrogen) atoms. The fraction of sp³-hybridized carbons (Fsp3) is 0.471. The predicted octanol–water partition coefficient (Wildman–Crippen LogP) is 2.19. The molecule has 0 amide bonds. The van der Waals surface area contributed by atoms with Gasteiger partial charge >= 0.3 is 0 Å². The minimum absolute atomic E-state index is 0.395. The van der Waals surface area contributed by atoms with Gasteiger partial charge in [-0.1, -0.05) is 6.08 Å². The number of dihydropyridines is 1. The second kappa shape index (κ2) is 6.91. The zero-order valence-corrected chi connectivity index (χ0v) is 14.2. The summed E-state index contributed by atoms with van der Waals surface area (Å²) in [5.74, 6) is 0.678. The minimum atomic E-state index is -0.395. The predicted molar refractivity (Wildman–Crippen MR) is 94.0 cm³/mol. The summed E-state index contributed by atoms with van der Waals surface area (Å²) in [4.78, 5) is 4.60. The maximum atomic E-state index is 6.29. The van der Waals surface area contributed by atoms with Crippen LogP contribution in [-0.4, -0.2) is 54.5 Å². The summed E-state index contributed by atoms with van der Waals surface area (Å²) in [6, 6.07) is 0. The number of nitrogens with zero attached hydrogens (tertiary/aromatic N) is 3. The molecule has 5 nitrogen and oxygen atoms in total. The summed E-state index contributed by atoms with van der Waals surface area (Å²) in [5, 5.41) is 4.55. The van der Waals surface area contributed by atoms with Crippen molar-refractivity contribution in [1.29, 1.82) is 0 Å². The first-order valence-electron chi connectivity index (χ1n) is 7.95. The van der Waals surface area contributed by atoms with E-state index in [-0.39, 0.29) is 0 Å². The third kappa shape index (κ3) is 2.73. The molecule has 0 saturated carbocycles. The Balaban J connectivity index is 1.96. The van der Waals surface area contributed by atoms with Crippen LogP contribution in [-0.2, 0) is 4.74 Å². The van der Waals surface area contributed by atoms with E-state index in [2.05, 4.69) is 27.3 Å². The van der Waals surface area contributed by atoms with Crippen LogP contribution in [0.25, 0.3) is 0 Å². The summed E-state index contributed by atoms with van der Waals surface area (Å²) < 4.78 is 5.26. The molecular formula is C17H23ClN4O. The fourth-order valence-corrected chi connectivity index (χ4v) is 3.54. The van der Waals surface area contributed by atoms with E-state index in [0.29, 0.717) is 12.5 Å². The zero-order valence-electron chi connectivity index (χ0n) is 13.4. The van der Waals surface area contributed by atoms with Crippen LogP contribution in [0.3, 0.4) is 0 Å². The van der Waals surface area contributed by atoms with E-state index < -0.39 is 5.54 Å². The van der Waals surface area contributed by atoms with Crippen molar-refractivity contribution in [3.8, 4) is 0 Å². The van der Waals surface area contributed by atoms with Gasteiger partial charge in [0.05, 0.1) is 18.8 Å². The van der Waals surface area contributed by atoms with Crippen molar-refractivity contribution in [3.05, 3.63) is 47.5 Å². The number of allylic oxidation sites excluding steroid dienone is 3. The maximum absolute atomic E-state index is 6.29.